The van der Waals surface area contributed by atoms with Crippen LogP contribution in [0.2, 0.25) is 10.0 Å². The van der Waals surface area contributed by atoms with E-state index < -0.39 is 11.9 Å². The molecule has 106 valence electrons. The summed E-state index contributed by atoms with van der Waals surface area (Å²) in [4.78, 5) is 0. The summed E-state index contributed by atoms with van der Waals surface area (Å²) in [7, 11) is 1.47. The van der Waals surface area contributed by atoms with Crippen molar-refractivity contribution in [3.05, 3.63) is 61.8 Å². The van der Waals surface area contributed by atoms with Crippen LogP contribution in [0.4, 0.5) is 4.39 Å². The molecule has 0 aliphatic carbocycles. The fraction of sp³-hybridized carbons (Fsp3) is 0.143. The zero-order chi connectivity index (χ0) is 14.9. The van der Waals surface area contributed by atoms with Crippen LogP contribution in [0, 0.1) is 5.82 Å². The van der Waals surface area contributed by atoms with Gasteiger partial charge in [0.15, 0.2) is 0 Å². The lowest BCUT2D eigenvalue weighted by Gasteiger charge is -2.15. The van der Waals surface area contributed by atoms with Gasteiger partial charge in [-0.3, -0.25) is 0 Å². The van der Waals surface area contributed by atoms with Crippen molar-refractivity contribution in [3.8, 4) is 5.75 Å². The molecule has 2 aromatic carbocycles. The average molecular weight is 380 g/mol. The van der Waals surface area contributed by atoms with Gasteiger partial charge in [0, 0.05) is 11.6 Å². The fourth-order valence-electron chi connectivity index (χ4n) is 1.77. The molecule has 0 fully saturated rings. The van der Waals surface area contributed by atoms with Gasteiger partial charge in [0.1, 0.15) is 17.7 Å². The van der Waals surface area contributed by atoms with Crippen LogP contribution in [0.1, 0.15) is 17.2 Å². The van der Waals surface area contributed by atoms with Gasteiger partial charge in [-0.2, -0.15) is 0 Å². The highest BCUT2D eigenvalue weighted by atomic mass is 79.9. The van der Waals surface area contributed by atoms with Gasteiger partial charge in [-0.15, -0.1) is 0 Å². The maximum absolute atomic E-state index is 13.5. The number of ether oxygens (including phenoxy) is 1. The predicted molar refractivity (Wildman–Crippen MR) is 81.2 cm³/mol. The van der Waals surface area contributed by atoms with Gasteiger partial charge < -0.3 is 9.84 Å². The van der Waals surface area contributed by atoms with E-state index in [0.29, 0.717) is 31.4 Å². The van der Waals surface area contributed by atoms with E-state index >= 15 is 0 Å². The number of halogens is 4. The molecule has 2 aromatic rings. The molecule has 0 radical (unpaired) electrons. The van der Waals surface area contributed by atoms with Crippen molar-refractivity contribution in [1.29, 1.82) is 0 Å². The maximum atomic E-state index is 13.5. The molecular formula is C14H10BrCl2FO2. The largest absolute Gasteiger partial charge is 0.495 e. The van der Waals surface area contributed by atoms with Crippen molar-refractivity contribution in [2.75, 3.05) is 7.11 Å². The predicted octanol–water partition coefficient (Wildman–Crippen LogP) is 4.99. The lowest BCUT2D eigenvalue weighted by atomic mass is 10.0. The Balaban J connectivity index is 2.45. The molecule has 1 atom stereocenters. The minimum atomic E-state index is -1.08. The Kier molecular flexibility index (Phi) is 4.91. The summed E-state index contributed by atoms with van der Waals surface area (Å²) in [5, 5.41) is 10.9. The van der Waals surface area contributed by atoms with E-state index in [2.05, 4.69) is 15.9 Å². The molecule has 0 aliphatic rings. The Bertz CT molecular complexity index is 649. The molecular weight excluding hydrogens is 370 g/mol. The van der Waals surface area contributed by atoms with Crippen LogP contribution in [0.5, 0.6) is 5.75 Å². The minimum Gasteiger partial charge on any atom is -0.495 e. The van der Waals surface area contributed by atoms with Crippen molar-refractivity contribution in [2.24, 2.45) is 0 Å². The first-order chi connectivity index (χ1) is 9.43. The summed E-state index contributed by atoms with van der Waals surface area (Å²) < 4.78 is 18.9. The number of aliphatic hydroxyl groups is 1. The van der Waals surface area contributed by atoms with E-state index in [1.165, 1.54) is 31.4 Å². The second-order valence-corrected chi connectivity index (χ2v) is 5.75. The second kappa shape index (κ2) is 6.31. The number of methoxy groups -OCH3 is 1. The average Bonchev–Trinajstić information content (AvgIpc) is 2.43. The van der Waals surface area contributed by atoms with Gasteiger partial charge in [0.25, 0.3) is 0 Å². The number of rotatable bonds is 3. The zero-order valence-electron chi connectivity index (χ0n) is 10.3. The highest BCUT2D eigenvalue weighted by molar-refractivity contribution is 9.10. The standard InChI is InChI=1S/C14H10BrCl2FO2/c1-20-13-6-10(16)8(5-11(13)17)14(19)7-2-3-9(15)12(18)4-7/h2-6,14,19H,1H3. The smallest absolute Gasteiger partial charge is 0.138 e. The number of aliphatic hydroxyl groups excluding tert-OH is 1. The number of hydrogen-bond acceptors (Lipinski definition) is 2. The van der Waals surface area contributed by atoms with Crippen LogP contribution < -0.4 is 4.74 Å². The van der Waals surface area contributed by atoms with E-state index in [-0.39, 0.29) is 0 Å². The van der Waals surface area contributed by atoms with Crippen LogP contribution >= 0.6 is 39.1 Å². The molecule has 1 N–H and O–H groups in total. The van der Waals surface area contributed by atoms with Crippen LogP contribution in [0.25, 0.3) is 0 Å². The molecule has 2 rings (SSSR count). The van der Waals surface area contributed by atoms with E-state index in [0.717, 1.165) is 0 Å². The summed E-state index contributed by atoms with van der Waals surface area (Å²) >= 11 is 15.2. The minimum absolute atomic E-state index is 0.294. The molecule has 0 spiro atoms. The van der Waals surface area contributed by atoms with Crippen molar-refractivity contribution < 1.29 is 14.2 Å². The van der Waals surface area contributed by atoms with Crippen LogP contribution in [0.3, 0.4) is 0 Å². The molecule has 0 bridgehead atoms. The monoisotopic (exact) mass is 378 g/mol. The van der Waals surface area contributed by atoms with E-state index in [1.807, 2.05) is 0 Å². The van der Waals surface area contributed by atoms with Crippen molar-refractivity contribution in [1.82, 2.24) is 0 Å². The zero-order valence-corrected chi connectivity index (χ0v) is 13.4. The summed E-state index contributed by atoms with van der Waals surface area (Å²) in [6.45, 7) is 0. The lowest BCUT2D eigenvalue weighted by Crippen LogP contribution is -2.02. The Morgan fingerprint density at radius 2 is 1.90 bits per heavy atom. The molecule has 2 nitrogen and oxygen atoms in total. The molecule has 6 heteroatoms. The SMILES string of the molecule is COc1cc(Cl)c(C(O)c2ccc(Br)c(F)c2)cc1Cl. The van der Waals surface area contributed by atoms with Gasteiger partial charge in [-0.1, -0.05) is 29.3 Å². The first kappa shape index (κ1) is 15.6. The van der Waals surface area contributed by atoms with Crippen molar-refractivity contribution in [3.63, 3.8) is 0 Å². The van der Waals surface area contributed by atoms with Gasteiger partial charge >= 0.3 is 0 Å². The summed E-state index contributed by atoms with van der Waals surface area (Å²) in [5.74, 6) is -0.0492. The normalized spacial score (nSPS) is 12.3. The van der Waals surface area contributed by atoms with Gasteiger partial charge in [0.2, 0.25) is 0 Å². The summed E-state index contributed by atoms with van der Waals surface area (Å²) in [6, 6.07) is 7.38. The topological polar surface area (TPSA) is 29.5 Å². The van der Waals surface area contributed by atoms with Crippen LogP contribution in [0.15, 0.2) is 34.8 Å². The number of hydrogen-bond donors (Lipinski definition) is 1. The molecule has 20 heavy (non-hydrogen) atoms. The van der Waals surface area contributed by atoms with Crippen molar-refractivity contribution >= 4 is 39.1 Å². The molecule has 0 saturated carbocycles. The molecule has 0 amide bonds. The van der Waals surface area contributed by atoms with Crippen molar-refractivity contribution in [2.45, 2.75) is 6.10 Å². The van der Waals surface area contributed by atoms with Crippen LogP contribution in [-0.4, -0.2) is 12.2 Å². The van der Waals surface area contributed by atoms with E-state index in [4.69, 9.17) is 27.9 Å². The molecule has 0 heterocycles. The van der Waals surface area contributed by atoms with Crippen LogP contribution in [-0.2, 0) is 0 Å². The van der Waals surface area contributed by atoms with Gasteiger partial charge in [-0.05, 0) is 39.7 Å². The lowest BCUT2D eigenvalue weighted by molar-refractivity contribution is 0.219. The molecule has 0 saturated heterocycles. The third-order valence-corrected chi connectivity index (χ3v) is 4.09. The third-order valence-electron chi connectivity index (χ3n) is 2.83. The summed E-state index contributed by atoms with van der Waals surface area (Å²) in [6.07, 6.45) is -1.08. The summed E-state index contributed by atoms with van der Waals surface area (Å²) in [5.41, 5.74) is 0.771. The first-order valence-electron chi connectivity index (χ1n) is 5.60. The highest BCUT2D eigenvalue weighted by Crippen LogP contribution is 2.36. The highest BCUT2D eigenvalue weighted by Gasteiger charge is 2.18. The fourth-order valence-corrected chi connectivity index (χ4v) is 2.52. The quantitative estimate of drug-likeness (QED) is 0.814. The third kappa shape index (κ3) is 3.09. The Morgan fingerprint density at radius 1 is 1.20 bits per heavy atom. The second-order valence-electron chi connectivity index (χ2n) is 4.08. The van der Waals surface area contributed by atoms with Gasteiger partial charge in [0.05, 0.1) is 21.6 Å². The molecule has 1 unspecified atom stereocenters. The molecule has 0 aliphatic heterocycles. The Morgan fingerprint density at radius 3 is 2.50 bits per heavy atom. The maximum Gasteiger partial charge on any atom is 0.138 e. The van der Waals surface area contributed by atoms with E-state index in [1.54, 1.807) is 6.07 Å². The Hall–Kier alpha value is -0.810. The van der Waals surface area contributed by atoms with E-state index in [9.17, 15) is 9.50 Å². The molecule has 0 aromatic heterocycles. The number of benzene rings is 2. The Labute approximate surface area is 134 Å². The first-order valence-corrected chi connectivity index (χ1v) is 7.15. The van der Waals surface area contributed by atoms with Gasteiger partial charge in [-0.25, -0.2) is 4.39 Å².